The highest BCUT2D eigenvalue weighted by atomic mass is 15.2. The molecule has 6 aromatic rings. The van der Waals surface area contributed by atoms with Gasteiger partial charge < -0.3 is 9.80 Å². The summed E-state index contributed by atoms with van der Waals surface area (Å²) in [7, 11) is 0. The maximum Gasteiger partial charge on any atom is 0.0482 e. The van der Waals surface area contributed by atoms with Crippen LogP contribution in [0.3, 0.4) is 0 Å². The van der Waals surface area contributed by atoms with Gasteiger partial charge in [0.2, 0.25) is 0 Å². The van der Waals surface area contributed by atoms with Crippen molar-refractivity contribution in [3.63, 3.8) is 0 Å². The Morgan fingerprint density at radius 2 is 0.854 bits per heavy atom. The summed E-state index contributed by atoms with van der Waals surface area (Å²) in [5.74, 6) is 0. The van der Waals surface area contributed by atoms with Crippen molar-refractivity contribution in [3.05, 3.63) is 186 Å². The molecule has 7 rings (SSSR count). The molecule has 0 fully saturated rings. The van der Waals surface area contributed by atoms with Gasteiger partial charge in [0.15, 0.2) is 0 Å². The maximum absolute atomic E-state index is 2.39. The molecule has 1 aliphatic rings. The zero-order valence-corrected chi connectivity index (χ0v) is 28.3. The van der Waals surface area contributed by atoms with E-state index in [9.17, 15) is 0 Å². The van der Waals surface area contributed by atoms with Gasteiger partial charge in [0, 0.05) is 34.1 Å². The van der Waals surface area contributed by atoms with Crippen LogP contribution in [0.1, 0.15) is 40.7 Å². The van der Waals surface area contributed by atoms with Crippen molar-refractivity contribution in [1.82, 2.24) is 0 Å². The number of anilines is 6. The number of benzene rings is 6. The third kappa shape index (κ3) is 6.75. The van der Waals surface area contributed by atoms with Crippen molar-refractivity contribution in [3.8, 4) is 11.1 Å². The van der Waals surface area contributed by atoms with E-state index < -0.39 is 0 Å². The molecular weight excluding hydrogens is 581 g/mol. The Morgan fingerprint density at radius 3 is 1.33 bits per heavy atom. The predicted octanol–water partition coefficient (Wildman–Crippen LogP) is 13.3. The first-order chi connectivity index (χ1) is 23.4. The normalized spacial score (nSPS) is 12.5. The lowest BCUT2D eigenvalue weighted by atomic mass is 9.99. The largest absolute Gasteiger partial charge is 0.310 e. The predicted molar refractivity (Wildman–Crippen MR) is 207 cm³/mol. The van der Waals surface area contributed by atoms with Gasteiger partial charge in [0.1, 0.15) is 0 Å². The van der Waals surface area contributed by atoms with Gasteiger partial charge in [-0.25, -0.2) is 0 Å². The van der Waals surface area contributed by atoms with E-state index in [-0.39, 0.29) is 0 Å². The van der Waals surface area contributed by atoms with Crippen molar-refractivity contribution in [2.45, 2.75) is 40.5 Å². The average molecular weight is 623 g/mol. The van der Waals surface area contributed by atoms with Crippen LogP contribution < -0.4 is 9.80 Å². The van der Waals surface area contributed by atoms with E-state index in [0.29, 0.717) is 0 Å². The summed E-state index contributed by atoms with van der Waals surface area (Å²) in [6, 6.07) is 51.1. The van der Waals surface area contributed by atoms with E-state index >= 15 is 0 Å². The molecule has 0 heterocycles. The summed E-state index contributed by atoms with van der Waals surface area (Å²) in [5.41, 5.74) is 16.7. The molecule has 0 unspecified atom stereocenters. The lowest BCUT2D eigenvalue weighted by Gasteiger charge is -2.30. The van der Waals surface area contributed by atoms with Crippen molar-refractivity contribution >= 4 is 39.7 Å². The van der Waals surface area contributed by atoms with E-state index in [0.717, 1.165) is 47.0 Å². The Bertz CT molecular complexity index is 2060. The maximum atomic E-state index is 2.39. The van der Waals surface area contributed by atoms with Gasteiger partial charge >= 0.3 is 0 Å². The molecule has 0 bridgehead atoms. The molecule has 0 saturated carbocycles. The number of allylic oxidation sites excluding steroid dienone is 4. The minimum Gasteiger partial charge on any atom is -0.310 e. The summed E-state index contributed by atoms with van der Waals surface area (Å²) in [4.78, 5) is 4.76. The molecule has 0 aromatic heterocycles. The van der Waals surface area contributed by atoms with Crippen molar-refractivity contribution < 1.29 is 0 Å². The van der Waals surface area contributed by atoms with Gasteiger partial charge in [0.25, 0.3) is 0 Å². The second-order valence-corrected chi connectivity index (χ2v) is 13.0. The Labute approximate surface area is 286 Å². The SMILES string of the molecule is Cc1cc(C)cc(N(c2ccc(C3=CCCC=C3)cc2)c2cccc(N(c3ccc(-c4ccccc4)cc3)c3cc(C)cc(C)c3)c2)c1. The first kappa shape index (κ1) is 31.0. The Balaban J connectivity index is 1.34. The highest BCUT2D eigenvalue weighted by Gasteiger charge is 2.19. The molecule has 0 spiro atoms. The fourth-order valence-corrected chi connectivity index (χ4v) is 6.89. The van der Waals surface area contributed by atoms with Crippen molar-refractivity contribution in [2.75, 3.05) is 9.80 Å². The summed E-state index contributed by atoms with van der Waals surface area (Å²) in [6.07, 6.45) is 9.08. The molecule has 0 radical (unpaired) electrons. The van der Waals surface area contributed by atoms with Gasteiger partial charge in [-0.15, -0.1) is 0 Å². The van der Waals surface area contributed by atoms with Crippen LogP contribution in [0.4, 0.5) is 34.1 Å². The van der Waals surface area contributed by atoms with Crippen LogP contribution >= 0.6 is 0 Å². The van der Waals surface area contributed by atoms with Gasteiger partial charge in [-0.05, 0) is 152 Å². The zero-order valence-electron chi connectivity index (χ0n) is 28.3. The monoisotopic (exact) mass is 622 g/mol. The molecule has 0 N–H and O–H groups in total. The van der Waals surface area contributed by atoms with Crippen LogP contribution in [0.5, 0.6) is 0 Å². The van der Waals surface area contributed by atoms with E-state index in [1.165, 1.54) is 44.5 Å². The van der Waals surface area contributed by atoms with E-state index in [4.69, 9.17) is 0 Å². The minimum atomic E-state index is 1.10. The summed E-state index contributed by atoms with van der Waals surface area (Å²) >= 11 is 0. The number of rotatable bonds is 8. The van der Waals surface area contributed by atoms with Gasteiger partial charge in [-0.3, -0.25) is 0 Å². The second-order valence-electron chi connectivity index (χ2n) is 13.0. The number of hydrogen-bond acceptors (Lipinski definition) is 2. The Hall–Kier alpha value is -5.60. The van der Waals surface area contributed by atoms with Crippen LogP contribution in [0.25, 0.3) is 16.7 Å². The highest BCUT2D eigenvalue weighted by molar-refractivity contribution is 5.85. The summed E-state index contributed by atoms with van der Waals surface area (Å²) in [6.45, 7) is 8.70. The smallest absolute Gasteiger partial charge is 0.0482 e. The lowest BCUT2D eigenvalue weighted by molar-refractivity contribution is 1.04. The van der Waals surface area contributed by atoms with Crippen LogP contribution in [0.2, 0.25) is 0 Å². The fraction of sp³-hybridized carbons (Fsp3) is 0.130. The third-order valence-corrected chi connectivity index (χ3v) is 8.96. The molecular formula is C46H42N2. The van der Waals surface area contributed by atoms with Crippen LogP contribution in [-0.2, 0) is 0 Å². The molecule has 0 aliphatic heterocycles. The molecule has 236 valence electrons. The van der Waals surface area contributed by atoms with E-state index in [1.807, 2.05) is 0 Å². The first-order valence-electron chi connectivity index (χ1n) is 16.9. The minimum absolute atomic E-state index is 1.10. The summed E-state index contributed by atoms with van der Waals surface area (Å²) < 4.78 is 0. The highest BCUT2D eigenvalue weighted by Crippen LogP contribution is 2.42. The molecule has 2 heteroatoms. The molecule has 0 amide bonds. The first-order valence-corrected chi connectivity index (χ1v) is 16.9. The van der Waals surface area contributed by atoms with Crippen LogP contribution in [-0.4, -0.2) is 0 Å². The van der Waals surface area contributed by atoms with Gasteiger partial charge in [0.05, 0.1) is 0 Å². The lowest BCUT2D eigenvalue weighted by Crippen LogP contribution is -2.13. The van der Waals surface area contributed by atoms with Gasteiger partial charge in [-0.1, -0.05) is 91.0 Å². The van der Waals surface area contributed by atoms with E-state index in [1.54, 1.807) is 0 Å². The standard InChI is InChI=1S/C46H42N2/c1-33-26-34(2)29-45(28-33)47(41-22-18-39(19-23-41)37-12-7-5-8-13-37)43-16-11-17-44(32-43)48(46-30-35(3)27-36(4)31-46)42-24-20-40(21-25-42)38-14-9-6-10-15-38/h5,7-9,11-32H,6,10H2,1-4H3. The van der Waals surface area contributed by atoms with Crippen molar-refractivity contribution in [1.29, 1.82) is 0 Å². The quantitative estimate of drug-likeness (QED) is 0.167. The number of aryl methyl sites for hydroxylation is 4. The molecule has 6 aromatic carbocycles. The molecule has 0 atom stereocenters. The fourth-order valence-electron chi connectivity index (χ4n) is 6.89. The van der Waals surface area contributed by atoms with Gasteiger partial charge in [-0.2, -0.15) is 0 Å². The molecule has 0 saturated heterocycles. The average Bonchev–Trinajstić information content (AvgIpc) is 3.09. The van der Waals surface area contributed by atoms with Crippen LogP contribution in [0.15, 0.2) is 158 Å². The van der Waals surface area contributed by atoms with Crippen LogP contribution in [0, 0.1) is 27.7 Å². The molecule has 1 aliphatic carbocycles. The zero-order chi connectivity index (χ0) is 33.0. The number of nitrogens with zero attached hydrogens (tertiary/aromatic N) is 2. The number of hydrogen-bond donors (Lipinski definition) is 0. The van der Waals surface area contributed by atoms with Crippen molar-refractivity contribution in [2.24, 2.45) is 0 Å². The van der Waals surface area contributed by atoms with E-state index in [2.05, 4.69) is 195 Å². The summed E-state index contributed by atoms with van der Waals surface area (Å²) in [5, 5.41) is 0. The third-order valence-electron chi connectivity index (χ3n) is 8.96. The Morgan fingerprint density at radius 1 is 0.375 bits per heavy atom. The topological polar surface area (TPSA) is 6.48 Å². The second kappa shape index (κ2) is 13.6. The molecule has 48 heavy (non-hydrogen) atoms. The Kier molecular flexibility index (Phi) is 8.81. The molecule has 2 nitrogen and oxygen atoms in total.